The van der Waals surface area contributed by atoms with Gasteiger partial charge < -0.3 is 0 Å². The Morgan fingerprint density at radius 3 is 2.47 bits per heavy atom. The van der Waals surface area contributed by atoms with Crippen molar-refractivity contribution in [3.05, 3.63) is 34.4 Å². The Balaban J connectivity index is 2.21. The second kappa shape index (κ2) is 4.26. The van der Waals surface area contributed by atoms with E-state index in [0.29, 0.717) is 12.4 Å². The Hall–Kier alpha value is -2.04. The van der Waals surface area contributed by atoms with Crippen molar-refractivity contribution in [1.29, 1.82) is 0 Å². The van der Waals surface area contributed by atoms with Crippen molar-refractivity contribution >= 4 is 5.78 Å². The van der Waals surface area contributed by atoms with E-state index in [-0.39, 0.29) is 5.78 Å². The van der Waals surface area contributed by atoms with Gasteiger partial charge in [-0.3, -0.25) is 4.79 Å². The van der Waals surface area contributed by atoms with Gasteiger partial charge in [-0.2, -0.15) is 5.10 Å². The van der Waals surface area contributed by atoms with Crippen LogP contribution in [-0.2, 0) is 6.42 Å². The van der Waals surface area contributed by atoms with Gasteiger partial charge in [0.2, 0.25) is 0 Å². The molecule has 98 valence electrons. The van der Waals surface area contributed by atoms with Crippen molar-refractivity contribution in [3.63, 3.8) is 0 Å². The van der Waals surface area contributed by atoms with E-state index in [1.807, 2.05) is 26.8 Å². The lowest BCUT2D eigenvalue weighted by Crippen LogP contribution is -2.15. The predicted molar refractivity (Wildman–Crippen MR) is 70.6 cm³/mol. The van der Waals surface area contributed by atoms with Crippen LogP contribution in [0.2, 0.25) is 0 Å². The highest BCUT2D eigenvalue weighted by Crippen LogP contribution is 2.25. The van der Waals surface area contributed by atoms with Gasteiger partial charge in [-0.05, 0) is 39.7 Å². The van der Waals surface area contributed by atoms with E-state index in [2.05, 4.69) is 15.1 Å². The maximum absolute atomic E-state index is 12.0. The number of rotatable bonds is 1. The zero-order valence-electron chi connectivity index (χ0n) is 11.4. The van der Waals surface area contributed by atoms with E-state index >= 15 is 0 Å². The molecule has 0 atom stereocenters. The molecule has 0 aliphatic heterocycles. The lowest BCUT2D eigenvalue weighted by atomic mass is 9.95. The van der Waals surface area contributed by atoms with Crippen LogP contribution in [-0.4, -0.2) is 25.5 Å². The summed E-state index contributed by atoms with van der Waals surface area (Å²) in [7, 11) is 0. The highest BCUT2D eigenvalue weighted by molar-refractivity contribution is 5.99. The van der Waals surface area contributed by atoms with Crippen LogP contribution in [0.4, 0.5) is 0 Å². The highest BCUT2D eigenvalue weighted by Gasteiger charge is 2.26. The van der Waals surface area contributed by atoms with Crippen LogP contribution in [0, 0.1) is 20.8 Å². The van der Waals surface area contributed by atoms with E-state index in [0.717, 1.165) is 41.2 Å². The van der Waals surface area contributed by atoms with Crippen LogP contribution < -0.4 is 0 Å². The number of ketones is 1. The largest absolute Gasteiger partial charge is 0.294 e. The molecule has 0 aromatic carbocycles. The van der Waals surface area contributed by atoms with Crippen LogP contribution >= 0.6 is 0 Å². The van der Waals surface area contributed by atoms with E-state index in [4.69, 9.17) is 0 Å². The molecule has 0 spiro atoms. The second-order valence-corrected chi connectivity index (χ2v) is 5.05. The van der Waals surface area contributed by atoms with E-state index in [1.165, 1.54) is 0 Å². The molecule has 2 heterocycles. The van der Waals surface area contributed by atoms with Gasteiger partial charge >= 0.3 is 0 Å². The summed E-state index contributed by atoms with van der Waals surface area (Å²) in [6, 6.07) is 1.93. The van der Waals surface area contributed by atoms with Crippen molar-refractivity contribution in [2.24, 2.45) is 0 Å². The van der Waals surface area contributed by atoms with Gasteiger partial charge in [-0.1, -0.05) is 0 Å². The first-order valence-electron chi connectivity index (χ1n) is 6.50. The Morgan fingerprint density at radius 1 is 1.11 bits per heavy atom. The first kappa shape index (κ1) is 12.0. The predicted octanol–water partition coefficient (Wildman–Crippen LogP) is 2.11. The van der Waals surface area contributed by atoms with E-state index in [1.54, 1.807) is 4.68 Å². The molecule has 5 nitrogen and oxygen atoms in total. The maximum atomic E-state index is 12.0. The third kappa shape index (κ3) is 1.95. The van der Waals surface area contributed by atoms with Gasteiger partial charge in [-0.15, -0.1) is 0 Å². The zero-order valence-corrected chi connectivity index (χ0v) is 11.4. The molecule has 0 amide bonds. The smallest absolute Gasteiger partial charge is 0.251 e. The average molecular weight is 256 g/mol. The van der Waals surface area contributed by atoms with Gasteiger partial charge in [0, 0.05) is 17.8 Å². The molecule has 19 heavy (non-hydrogen) atoms. The number of Topliss-reactive ketones (excluding diaryl/α,β-unsaturated/α-hetero) is 1. The van der Waals surface area contributed by atoms with Gasteiger partial charge in [0.15, 0.2) is 5.78 Å². The van der Waals surface area contributed by atoms with Gasteiger partial charge in [0.1, 0.15) is 0 Å². The van der Waals surface area contributed by atoms with Crippen LogP contribution in [0.3, 0.4) is 0 Å². The van der Waals surface area contributed by atoms with Crippen LogP contribution in [0.5, 0.6) is 0 Å². The number of hydrogen-bond acceptors (Lipinski definition) is 4. The first-order chi connectivity index (χ1) is 9.06. The second-order valence-electron chi connectivity index (χ2n) is 5.05. The van der Waals surface area contributed by atoms with E-state index < -0.39 is 0 Å². The molecule has 0 bridgehead atoms. The Labute approximate surface area is 111 Å². The monoisotopic (exact) mass is 256 g/mol. The Morgan fingerprint density at radius 2 is 1.79 bits per heavy atom. The molecule has 2 aromatic rings. The summed E-state index contributed by atoms with van der Waals surface area (Å²) in [6.07, 6.45) is 2.35. The summed E-state index contributed by atoms with van der Waals surface area (Å²) in [5.74, 6) is 0.755. The first-order valence-corrected chi connectivity index (χ1v) is 6.50. The average Bonchev–Trinajstić information content (AvgIpc) is 2.67. The molecular formula is C14H16N4O. The number of carbonyl (C=O) groups excluding carboxylic acids is 1. The maximum Gasteiger partial charge on any atom is 0.251 e. The molecule has 3 rings (SSSR count). The molecule has 0 saturated carbocycles. The minimum absolute atomic E-state index is 0.189. The number of nitrogens with zero attached hydrogens (tertiary/aromatic N) is 4. The fourth-order valence-corrected chi connectivity index (χ4v) is 2.68. The quantitative estimate of drug-likeness (QED) is 0.784. The summed E-state index contributed by atoms with van der Waals surface area (Å²) < 4.78 is 1.74. The molecular weight excluding hydrogens is 240 g/mol. The van der Waals surface area contributed by atoms with Gasteiger partial charge in [-0.25, -0.2) is 14.6 Å². The van der Waals surface area contributed by atoms with Crippen LogP contribution in [0.25, 0.3) is 5.95 Å². The summed E-state index contributed by atoms with van der Waals surface area (Å²) in [6.45, 7) is 5.75. The molecule has 0 saturated heterocycles. The van der Waals surface area contributed by atoms with Crippen LogP contribution in [0.15, 0.2) is 6.07 Å². The van der Waals surface area contributed by atoms with Crippen molar-refractivity contribution < 1.29 is 4.79 Å². The number of fused-ring (bicyclic) bond motifs is 1. The van der Waals surface area contributed by atoms with Crippen molar-refractivity contribution in [3.8, 4) is 5.95 Å². The standard InChI is InChI=1S/C14H16N4O/c1-8-7-9(2)16-14(15-8)18-11-5-4-6-12(19)13(11)10(3)17-18/h7H,4-6H2,1-3H3. The summed E-state index contributed by atoms with van der Waals surface area (Å²) in [5, 5.41) is 4.47. The van der Waals surface area contributed by atoms with Crippen LogP contribution in [0.1, 0.15) is 46.0 Å². The number of hydrogen-bond donors (Lipinski definition) is 0. The molecule has 5 heteroatoms. The summed E-state index contributed by atoms with van der Waals surface area (Å²) in [4.78, 5) is 20.8. The topological polar surface area (TPSA) is 60.7 Å². The molecule has 0 N–H and O–H groups in total. The Kier molecular flexibility index (Phi) is 2.69. The fraction of sp³-hybridized carbons (Fsp3) is 0.429. The minimum Gasteiger partial charge on any atom is -0.294 e. The number of carbonyl (C=O) groups is 1. The normalized spacial score (nSPS) is 14.6. The lowest BCUT2D eigenvalue weighted by Gasteiger charge is -2.12. The zero-order chi connectivity index (χ0) is 13.6. The molecule has 2 aromatic heterocycles. The molecule has 1 aliphatic rings. The summed E-state index contributed by atoms with van der Waals surface area (Å²) in [5.41, 5.74) is 4.33. The highest BCUT2D eigenvalue weighted by atomic mass is 16.1. The number of aromatic nitrogens is 4. The van der Waals surface area contributed by atoms with Crippen molar-refractivity contribution in [2.45, 2.75) is 40.0 Å². The fourth-order valence-electron chi connectivity index (χ4n) is 2.68. The van der Waals surface area contributed by atoms with Crippen molar-refractivity contribution in [2.75, 3.05) is 0 Å². The Bertz CT molecular complexity index is 652. The molecule has 1 aliphatic carbocycles. The SMILES string of the molecule is Cc1cc(C)nc(-n2nc(C)c3c2CCCC3=O)n1. The van der Waals surface area contributed by atoms with Crippen molar-refractivity contribution in [1.82, 2.24) is 19.7 Å². The lowest BCUT2D eigenvalue weighted by molar-refractivity contribution is 0.0971. The number of aryl methyl sites for hydroxylation is 3. The summed E-state index contributed by atoms with van der Waals surface area (Å²) >= 11 is 0. The molecule has 0 fully saturated rings. The minimum atomic E-state index is 0.189. The van der Waals surface area contributed by atoms with E-state index in [9.17, 15) is 4.79 Å². The third-order valence-electron chi connectivity index (χ3n) is 3.41. The third-order valence-corrected chi connectivity index (χ3v) is 3.41. The molecule has 0 unspecified atom stereocenters. The molecule has 0 radical (unpaired) electrons. The van der Waals surface area contributed by atoms with Gasteiger partial charge in [0.25, 0.3) is 5.95 Å². The van der Waals surface area contributed by atoms with Gasteiger partial charge in [0.05, 0.1) is 17.0 Å².